The van der Waals surface area contributed by atoms with Gasteiger partial charge in [-0.15, -0.1) is 0 Å². The Bertz CT molecular complexity index is 737. The number of urea groups is 1. The van der Waals surface area contributed by atoms with Gasteiger partial charge in [-0.05, 0) is 45.0 Å². The topological polar surface area (TPSA) is 116 Å². The van der Waals surface area contributed by atoms with Crippen LogP contribution in [-0.4, -0.2) is 47.9 Å². The zero-order valence-electron chi connectivity index (χ0n) is 13.7. The van der Waals surface area contributed by atoms with Gasteiger partial charge in [0.05, 0.1) is 10.9 Å². The van der Waals surface area contributed by atoms with E-state index in [0.717, 1.165) is 0 Å². The molecular formula is C15H21N3O5S. The molecule has 3 N–H and O–H groups in total. The van der Waals surface area contributed by atoms with Gasteiger partial charge in [0.25, 0.3) is 10.1 Å². The maximum atomic E-state index is 12.0. The standard InChI is InChI=1S/C15H21N3O5S/c1-15(2,3)18-9-11(8-13(18)19)17-14(20)16-10-4-6-12(7-5-10)24(21,22)23/h4-7,11H,8-9H2,1-3H3,(H2,16,17,20)(H,21,22,23). The van der Waals surface area contributed by atoms with Crippen molar-refractivity contribution in [3.63, 3.8) is 0 Å². The highest BCUT2D eigenvalue weighted by molar-refractivity contribution is 7.85. The number of hydrogen-bond acceptors (Lipinski definition) is 4. The van der Waals surface area contributed by atoms with E-state index in [-0.39, 0.29) is 28.8 Å². The Morgan fingerprint density at radius 1 is 1.25 bits per heavy atom. The molecule has 1 aromatic rings. The first-order chi connectivity index (χ1) is 11.0. The van der Waals surface area contributed by atoms with Crippen molar-refractivity contribution in [3.8, 4) is 0 Å². The van der Waals surface area contributed by atoms with E-state index >= 15 is 0 Å². The Labute approximate surface area is 141 Å². The fourth-order valence-corrected chi connectivity index (χ4v) is 3.00. The van der Waals surface area contributed by atoms with E-state index in [1.165, 1.54) is 24.3 Å². The third-order valence-corrected chi connectivity index (χ3v) is 4.55. The van der Waals surface area contributed by atoms with Crippen LogP contribution in [0, 0.1) is 0 Å². The summed E-state index contributed by atoms with van der Waals surface area (Å²) in [6.45, 7) is 6.25. The van der Waals surface area contributed by atoms with Crippen LogP contribution >= 0.6 is 0 Å². The molecule has 1 atom stereocenters. The van der Waals surface area contributed by atoms with Gasteiger partial charge < -0.3 is 15.5 Å². The number of anilines is 1. The summed E-state index contributed by atoms with van der Waals surface area (Å²) < 4.78 is 30.8. The molecule has 132 valence electrons. The maximum absolute atomic E-state index is 12.0. The lowest BCUT2D eigenvalue weighted by molar-refractivity contribution is -0.131. The number of nitrogens with zero attached hydrogens (tertiary/aromatic N) is 1. The predicted octanol–water partition coefficient (Wildman–Crippen LogP) is 1.45. The van der Waals surface area contributed by atoms with Gasteiger partial charge in [0.1, 0.15) is 0 Å². The second kappa shape index (κ2) is 6.40. The summed E-state index contributed by atoms with van der Waals surface area (Å²) in [6, 6.07) is 4.34. The molecule has 8 nitrogen and oxygen atoms in total. The molecule has 3 amide bonds. The minimum absolute atomic E-state index is 0.00898. The van der Waals surface area contributed by atoms with Gasteiger partial charge >= 0.3 is 6.03 Å². The van der Waals surface area contributed by atoms with Crippen LogP contribution in [0.3, 0.4) is 0 Å². The molecule has 1 saturated heterocycles. The monoisotopic (exact) mass is 355 g/mol. The van der Waals surface area contributed by atoms with E-state index in [1.807, 2.05) is 20.8 Å². The Balaban J connectivity index is 1.94. The first-order valence-corrected chi connectivity index (χ1v) is 8.86. The van der Waals surface area contributed by atoms with Gasteiger partial charge in [-0.2, -0.15) is 8.42 Å². The van der Waals surface area contributed by atoms with E-state index in [9.17, 15) is 18.0 Å². The summed E-state index contributed by atoms with van der Waals surface area (Å²) in [6.07, 6.45) is 0.242. The number of carbonyl (C=O) groups excluding carboxylic acids is 2. The van der Waals surface area contributed by atoms with E-state index in [2.05, 4.69) is 10.6 Å². The summed E-state index contributed by atoms with van der Waals surface area (Å²) in [5.74, 6) is -0.00898. The fourth-order valence-electron chi connectivity index (χ4n) is 2.52. The molecule has 1 aromatic carbocycles. The summed E-state index contributed by atoms with van der Waals surface area (Å²) >= 11 is 0. The number of rotatable bonds is 3. The Hall–Kier alpha value is -2.13. The van der Waals surface area contributed by atoms with Crippen LogP contribution in [0.5, 0.6) is 0 Å². The maximum Gasteiger partial charge on any atom is 0.319 e. The molecule has 2 rings (SSSR count). The number of benzene rings is 1. The van der Waals surface area contributed by atoms with Crippen molar-refractivity contribution in [2.75, 3.05) is 11.9 Å². The van der Waals surface area contributed by atoms with Crippen LogP contribution in [0.4, 0.5) is 10.5 Å². The smallest absolute Gasteiger partial charge is 0.319 e. The van der Waals surface area contributed by atoms with E-state index in [1.54, 1.807) is 4.90 Å². The summed E-state index contributed by atoms with van der Waals surface area (Å²) in [5.41, 5.74) is 0.0761. The molecule has 24 heavy (non-hydrogen) atoms. The van der Waals surface area contributed by atoms with Gasteiger partial charge in [0.2, 0.25) is 5.91 Å². The van der Waals surface area contributed by atoms with Gasteiger partial charge in [0.15, 0.2) is 0 Å². The molecule has 0 spiro atoms. The average Bonchev–Trinajstić information content (AvgIpc) is 2.79. The highest BCUT2D eigenvalue weighted by atomic mass is 32.2. The van der Waals surface area contributed by atoms with Gasteiger partial charge in [-0.25, -0.2) is 4.79 Å². The molecule has 1 heterocycles. The highest BCUT2D eigenvalue weighted by Crippen LogP contribution is 2.22. The van der Waals surface area contributed by atoms with Crippen molar-refractivity contribution in [2.45, 2.75) is 43.7 Å². The average molecular weight is 355 g/mol. The van der Waals surface area contributed by atoms with Crippen LogP contribution in [0.2, 0.25) is 0 Å². The Kier molecular flexibility index (Phi) is 4.86. The second-order valence-corrected chi connectivity index (χ2v) is 8.10. The molecule has 1 aliphatic heterocycles. The first kappa shape index (κ1) is 18.2. The zero-order valence-corrected chi connectivity index (χ0v) is 14.6. The van der Waals surface area contributed by atoms with Crippen LogP contribution < -0.4 is 10.6 Å². The van der Waals surface area contributed by atoms with Crippen LogP contribution in [-0.2, 0) is 14.9 Å². The number of amides is 3. The Morgan fingerprint density at radius 3 is 2.29 bits per heavy atom. The second-order valence-electron chi connectivity index (χ2n) is 6.67. The molecule has 0 radical (unpaired) electrons. The number of nitrogens with one attached hydrogen (secondary N) is 2. The third-order valence-electron chi connectivity index (χ3n) is 3.68. The van der Waals surface area contributed by atoms with Crippen LogP contribution in [0.15, 0.2) is 29.2 Å². The number of likely N-dealkylation sites (tertiary alicyclic amines) is 1. The third kappa shape index (κ3) is 4.45. The number of hydrogen-bond donors (Lipinski definition) is 3. The molecule has 0 bridgehead atoms. The Morgan fingerprint density at radius 2 is 1.83 bits per heavy atom. The zero-order chi connectivity index (χ0) is 18.1. The molecule has 9 heteroatoms. The van der Waals surface area contributed by atoms with Crippen molar-refractivity contribution >= 4 is 27.7 Å². The number of carbonyl (C=O) groups is 2. The summed E-state index contributed by atoms with van der Waals surface area (Å²) in [5, 5.41) is 5.28. The lowest BCUT2D eigenvalue weighted by atomic mass is 10.1. The van der Waals surface area contributed by atoms with E-state index in [0.29, 0.717) is 12.2 Å². The van der Waals surface area contributed by atoms with Crippen molar-refractivity contribution in [1.29, 1.82) is 0 Å². The fraction of sp³-hybridized carbons (Fsp3) is 0.467. The SMILES string of the molecule is CC(C)(C)N1CC(NC(=O)Nc2ccc(S(=O)(=O)O)cc2)CC1=O. The molecule has 0 saturated carbocycles. The van der Waals surface area contributed by atoms with Gasteiger partial charge in [-0.3, -0.25) is 9.35 Å². The van der Waals surface area contributed by atoms with Crippen LogP contribution in [0.25, 0.3) is 0 Å². The van der Waals surface area contributed by atoms with Crippen molar-refractivity contribution in [1.82, 2.24) is 10.2 Å². The molecule has 1 unspecified atom stereocenters. The van der Waals surface area contributed by atoms with Crippen molar-refractivity contribution in [3.05, 3.63) is 24.3 Å². The molecule has 1 aliphatic rings. The van der Waals surface area contributed by atoms with Gasteiger partial charge in [0, 0.05) is 24.2 Å². The normalized spacial score (nSPS) is 18.6. The van der Waals surface area contributed by atoms with E-state index in [4.69, 9.17) is 4.55 Å². The summed E-state index contributed by atoms with van der Waals surface area (Å²) in [7, 11) is -4.26. The minimum Gasteiger partial charge on any atom is -0.336 e. The lowest BCUT2D eigenvalue weighted by Crippen LogP contribution is -2.45. The first-order valence-electron chi connectivity index (χ1n) is 7.42. The quantitative estimate of drug-likeness (QED) is 0.710. The molecule has 0 aliphatic carbocycles. The molecule has 0 aromatic heterocycles. The molecule has 1 fully saturated rings. The minimum atomic E-state index is -4.26. The largest absolute Gasteiger partial charge is 0.336 e. The highest BCUT2D eigenvalue weighted by Gasteiger charge is 2.36. The van der Waals surface area contributed by atoms with Crippen molar-refractivity contribution < 1.29 is 22.6 Å². The predicted molar refractivity (Wildman–Crippen MR) is 88.3 cm³/mol. The van der Waals surface area contributed by atoms with Gasteiger partial charge in [-0.1, -0.05) is 0 Å². The van der Waals surface area contributed by atoms with Crippen molar-refractivity contribution in [2.24, 2.45) is 0 Å². The lowest BCUT2D eigenvalue weighted by Gasteiger charge is -2.32. The van der Waals surface area contributed by atoms with Crippen LogP contribution in [0.1, 0.15) is 27.2 Å². The molecular weight excluding hydrogens is 334 g/mol. The summed E-state index contributed by atoms with van der Waals surface area (Å²) in [4.78, 5) is 25.4. The van der Waals surface area contributed by atoms with E-state index < -0.39 is 16.1 Å².